The van der Waals surface area contributed by atoms with Crippen LogP contribution >= 0.6 is 0 Å². The molecule has 2 aromatic rings. The Morgan fingerprint density at radius 3 is 2.67 bits per heavy atom. The van der Waals surface area contributed by atoms with Crippen LogP contribution in [0.4, 0.5) is 11.5 Å². The number of nitrogen functional groups attached to an aromatic ring is 1. The molecule has 6 heteroatoms. The lowest BCUT2D eigenvalue weighted by Gasteiger charge is -2.09. The summed E-state index contributed by atoms with van der Waals surface area (Å²) < 4.78 is 5.05. The van der Waals surface area contributed by atoms with Gasteiger partial charge in [0, 0.05) is 24.8 Å². The van der Waals surface area contributed by atoms with E-state index >= 15 is 0 Å². The minimum absolute atomic E-state index is 0.131. The first-order valence-electron chi connectivity index (χ1n) is 6.57. The Bertz CT molecular complexity index is 599. The smallest absolute Gasteiger partial charge is 0.251 e. The van der Waals surface area contributed by atoms with Crippen LogP contribution in [0.3, 0.4) is 0 Å². The van der Waals surface area contributed by atoms with Gasteiger partial charge in [-0.1, -0.05) is 0 Å². The third-order valence-electron chi connectivity index (χ3n) is 2.89. The van der Waals surface area contributed by atoms with E-state index in [1.54, 1.807) is 49.7 Å². The maximum Gasteiger partial charge on any atom is 0.251 e. The van der Waals surface area contributed by atoms with Crippen molar-refractivity contribution in [2.75, 3.05) is 31.2 Å². The molecule has 1 heterocycles. The zero-order valence-corrected chi connectivity index (χ0v) is 11.8. The molecule has 0 fully saturated rings. The first-order chi connectivity index (χ1) is 10.2. The molecule has 6 nitrogen and oxygen atoms in total. The highest BCUT2D eigenvalue weighted by Crippen LogP contribution is 2.12. The lowest BCUT2D eigenvalue weighted by molar-refractivity contribution is 0.0955. The average molecular weight is 286 g/mol. The van der Waals surface area contributed by atoms with Crippen LogP contribution in [0.25, 0.3) is 0 Å². The number of carbonyl (C=O) groups is 1. The lowest BCUT2D eigenvalue weighted by Crippen LogP contribution is -2.29. The molecule has 0 aliphatic heterocycles. The Morgan fingerprint density at radius 1 is 1.24 bits per heavy atom. The maximum atomic E-state index is 11.9. The number of ether oxygens (including phenoxy) is 1. The summed E-state index contributed by atoms with van der Waals surface area (Å²) >= 11 is 0. The molecule has 1 amide bonds. The van der Waals surface area contributed by atoms with E-state index < -0.39 is 0 Å². The molecule has 1 aromatic heterocycles. The highest BCUT2D eigenvalue weighted by molar-refractivity contribution is 5.94. The summed E-state index contributed by atoms with van der Waals surface area (Å²) in [6.45, 7) is 1.02. The van der Waals surface area contributed by atoms with E-state index in [9.17, 15) is 4.79 Å². The number of benzene rings is 1. The Labute approximate surface area is 123 Å². The predicted molar refractivity (Wildman–Crippen MR) is 82.5 cm³/mol. The first kappa shape index (κ1) is 14.6. The molecule has 0 spiro atoms. The second kappa shape index (κ2) is 7.14. The van der Waals surface area contributed by atoms with E-state index in [2.05, 4.69) is 15.6 Å². The van der Waals surface area contributed by atoms with Crippen LogP contribution in [0.5, 0.6) is 5.75 Å². The molecule has 4 N–H and O–H groups in total. The van der Waals surface area contributed by atoms with Crippen LogP contribution in [0.2, 0.25) is 0 Å². The molecule has 110 valence electrons. The van der Waals surface area contributed by atoms with Crippen molar-refractivity contribution in [2.45, 2.75) is 0 Å². The summed E-state index contributed by atoms with van der Waals surface area (Å²) in [4.78, 5) is 16.0. The van der Waals surface area contributed by atoms with E-state index in [0.717, 1.165) is 5.75 Å². The zero-order chi connectivity index (χ0) is 15.1. The molecule has 0 saturated carbocycles. The number of methoxy groups -OCH3 is 1. The van der Waals surface area contributed by atoms with Gasteiger partial charge in [0.15, 0.2) is 0 Å². The highest BCUT2D eigenvalue weighted by Gasteiger charge is 2.05. The molecule has 0 radical (unpaired) electrons. The number of aromatic nitrogens is 1. The highest BCUT2D eigenvalue weighted by atomic mass is 16.5. The van der Waals surface area contributed by atoms with Crippen LogP contribution < -0.4 is 21.1 Å². The molecule has 2 rings (SSSR count). The number of carbonyl (C=O) groups excluding carboxylic acids is 1. The van der Waals surface area contributed by atoms with Gasteiger partial charge in [0.1, 0.15) is 11.6 Å². The van der Waals surface area contributed by atoms with Crippen molar-refractivity contribution in [2.24, 2.45) is 0 Å². The number of nitrogens with two attached hydrogens (primary N) is 1. The van der Waals surface area contributed by atoms with Gasteiger partial charge >= 0.3 is 0 Å². The SMILES string of the molecule is COc1ccc(C(=O)NCCNc2ncccc2N)cc1. The van der Waals surface area contributed by atoms with Crippen molar-refractivity contribution < 1.29 is 9.53 Å². The fourth-order valence-corrected chi connectivity index (χ4v) is 1.77. The molecular formula is C15H18N4O2. The summed E-state index contributed by atoms with van der Waals surface area (Å²) in [7, 11) is 1.59. The summed E-state index contributed by atoms with van der Waals surface area (Å²) in [5.74, 6) is 1.21. The first-order valence-corrected chi connectivity index (χ1v) is 6.57. The number of nitrogens with zero attached hydrogens (tertiary/aromatic N) is 1. The Morgan fingerprint density at radius 2 is 2.00 bits per heavy atom. The van der Waals surface area contributed by atoms with E-state index in [1.165, 1.54) is 0 Å². The Hall–Kier alpha value is -2.76. The number of anilines is 2. The number of nitrogens with one attached hydrogen (secondary N) is 2. The van der Waals surface area contributed by atoms with E-state index in [0.29, 0.717) is 30.2 Å². The molecule has 0 bridgehead atoms. The molecule has 0 aliphatic rings. The fourth-order valence-electron chi connectivity index (χ4n) is 1.77. The van der Waals surface area contributed by atoms with Crippen molar-refractivity contribution in [3.63, 3.8) is 0 Å². The fraction of sp³-hybridized carbons (Fsp3) is 0.200. The van der Waals surface area contributed by atoms with Crippen LogP contribution in [-0.4, -0.2) is 31.1 Å². The molecule has 21 heavy (non-hydrogen) atoms. The minimum Gasteiger partial charge on any atom is -0.497 e. The molecule has 1 aromatic carbocycles. The monoisotopic (exact) mass is 286 g/mol. The quantitative estimate of drug-likeness (QED) is 0.700. The van der Waals surface area contributed by atoms with Gasteiger partial charge in [-0.05, 0) is 36.4 Å². The van der Waals surface area contributed by atoms with Crippen LogP contribution in [0.15, 0.2) is 42.6 Å². The van der Waals surface area contributed by atoms with Gasteiger partial charge in [-0.25, -0.2) is 4.98 Å². The normalized spacial score (nSPS) is 9.95. The number of pyridine rings is 1. The van der Waals surface area contributed by atoms with Gasteiger partial charge in [-0.15, -0.1) is 0 Å². The number of hydrogen-bond acceptors (Lipinski definition) is 5. The molecule has 0 aliphatic carbocycles. The summed E-state index contributed by atoms with van der Waals surface area (Å²) in [6.07, 6.45) is 1.66. The van der Waals surface area contributed by atoms with E-state index in [-0.39, 0.29) is 5.91 Å². The lowest BCUT2D eigenvalue weighted by atomic mass is 10.2. The van der Waals surface area contributed by atoms with Crippen molar-refractivity contribution >= 4 is 17.4 Å². The van der Waals surface area contributed by atoms with Gasteiger partial charge < -0.3 is 21.1 Å². The third-order valence-corrected chi connectivity index (χ3v) is 2.89. The molecule has 0 saturated heterocycles. The van der Waals surface area contributed by atoms with Crippen molar-refractivity contribution in [1.82, 2.24) is 10.3 Å². The van der Waals surface area contributed by atoms with Gasteiger partial charge in [-0.2, -0.15) is 0 Å². The van der Waals surface area contributed by atoms with Gasteiger partial charge in [0.25, 0.3) is 5.91 Å². The van der Waals surface area contributed by atoms with Crippen LogP contribution in [0.1, 0.15) is 10.4 Å². The average Bonchev–Trinajstić information content (AvgIpc) is 2.53. The summed E-state index contributed by atoms with van der Waals surface area (Å²) in [5.41, 5.74) is 6.93. The number of rotatable bonds is 6. The topological polar surface area (TPSA) is 89.3 Å². The molecular weight excluding hydrogens is 268 g/mol. The van der Waals surface area contributed by atoms with Crippen molar-refractivity contribution in [3.8, 4) is 5.75 Å². The van der Waals surface area contributed by atoms with Gasteiger partial charge in [0.2, 0.25) is 0 Å². The second-order valence-corrected chi connectivity index (χ2v) is 4.35. The summed E-state index contributed by atoms with van der Waals surface area (Å²) in [5, 5.41) is 5.88. The van der Waals surface area contributed by atoms with Crippen LogP contribution in [0, 0.1) is 0 Å². The second-order valence-electron chi connectivity index (χ2n) is 4.35. The predicted octanol–water partition coefficient (Wildman–Crippen LogP) is 1.51. The standard InChI is InChI=1S/C15H18N4O2/c1-21-12-6-4-11(5-7-12)15(20)19-10-9-18-14-13(16)3-2-8-17-14/h2-8H,9-10,16H2,1H3,(H,17,18)(H,19,20). The van der Waals surface area contributed by atoms with Gasteiger partial charge in [-0.3, -0.25) is 4.79 Å². The number of hydrogen-bond donors (Lipinski definition) is 3. The number of amides is 1. The maximum absolute atomic E-state index is 11.9. The van der Waals surface area contributed by atoms with E-state index in [4.69, 9.17) is 10.5 Å². The minimum atomic E-state index is -0.131. The van der Waals surface area contributed by atoms with Crippen LogP contribution in [-0.2, 0) is 0 Å². The van der Waals surface area contributed by atoms with Crippen molar-refractivity contribution in [1.29, 1.82) is 0 Å². The van der Waals surface area contributed by atoms with Crippen molar-refractivity contribution in [3.05, 3.63) is 48.2 Å². The van der Waals surface area contributed by atoms with Gasteiger partial charge in [0.05, 0.1) is 12.8 Å². The Balaban J connectivity index is 1.77. The summed E-state index contributed by atoms with van der Waals surface area (Å²) in [6, 6.07) is 10.5. The largest absolute Gasteiger partial charge is 0.497 e. The van der Waals surface area contributed by atoms with E-state index in [1.807, 2.05) is 0 Å². The zero-order valence-electron chi connectivity index (χ0n) is 11.8. The Kier molecular flexibility index (Phi) is 4.98. The molecule has 0 unspecified atom stereocenters. The molecule has 0 atom stereocenters. The third kappa shape index (κ3) is 4.10.